The Morgan fingerprint density at radius 3 is 2.15 bits per heavy atom. The van der Waals surface area contributed by atoms with Crippen LogP contribution in [-0.4, -0.2) is 35.8 Å². The molecule has 0 spiro atoms. The van der Waals surface area contributed by atoms with Crippen LogP contribution in [0.5, 0.6) is 5.75 Å². The molecule has 0 radical (unpaired) electrons. The summed E-state index contributed by atoms with van der Waals surface area (Å²) in [4.78, 5) is 14.2. The minimum Gasteiger partial charge on any atom is -0.489 e. The third-order valence-corrected chi connectivity index (χ3v) is 5.18. The van der Waals surface area contributed by atoms with E-state index in [1.54, 1.807) is 0 Å². The van der Waals surface area contributed by atoms with Gasteiger partial charge in [-0.2, -0.15) is 0 Å². The van der Waals surface area contributed by atoms with Crippen molar-refractivity contribution in [3.8, 4) is 5.75 Å². The summed E-state index contributed by atoms with van der Waals surface area (Å²) in [5, 5.41) is 0. The summed E-state index contributed by atoms with van der Waals surface area (Å²) in [6.45, 7) is 11.2. The number of piperidine rings is 1. The van der Waals surface area contributed by atoms with Crippen LogP contribution in [-0.2, 0) is 4.74 Å². The molecule has 5 heteroatoms. The first-order valence-electron chi connectivity index (χ1n) is 10.2. The Kier molecular flexibility index (Phi) is 5.59. The second-order valence-electron chi connectivity index (χ2n) is 9.20. The van der Waals surface area contributed by atoms with Gasteiger partial charge in [-0.25, -0.2) is 4.79 Å². The molecular weight excluding hydrogens is 340 g/mol. The van der Waals surface area contributed by atoms with Crippen molar-refractivity contribution in [2.45, 2.75) is 83.8 Å². The lowest BCUT2D eigenvalue weighted by Gasteiger charge is -2.34. The maximum Gasteiger partial charge on any atom is 0.410 e. The van der Waals surface area contributed by atoms with E-state index in [2.05, 4.69) is 12.1 Å². The minimum absolute atomic E-state index is 0.0981. The average molecular weight is 375 g/mol. The Morgan fingerprint density at radius 1 is 1.07 bits per heavy atom. The van der Waals surface area contributed by atoms with E-state index in [1.165, 1.54) is 24.0 Å². The van der Waals surface area contributed by atoms with Crippen molar-refractivity contribution in [3.05, 3.63) is 23.3 Å². The first-order chi connectivity index (χ1) is 12.6. The number of rotatable bonds is 4. The number of likely N-dealkylation sites (tertiary alicyclic amines) is 1. The predicted molar refractivity (Wildman–Crippen MR) is 108 cm³/mol. The van der Waals surface area contributed by atoms with Crippen molar-refractivity contribution >= 4 is 11.8 Å². The maximum absolute atomic E-state index is 12.3. The number of hydrogen-bond donors (Lipinski definition) is 1. The number of anilines is 1. The third-order valence-electron chi connectivity index (χ3n) is 5.18. The Bertz CT molecular complexity index is 682. The second kappa shape index (κ2) is 7.61. The molecule has 1 saturated heterocycles. The van der Waals surface area contributed by atoms with Gasteiger partial charge in [-0.15, -0.1) is 0 Å². The maximum atomic E-state index is 12.3. The number of carbonyl (C=O) groups is 1. The monoisotopic (exact) mass is 374 g/mol. The number of ether oxygens (including phenoxy) is 2. The van der Waals surface area contributed by atoms with Crippen LogP contribution in [0.4, 0.5) is 10.5 Å². The zero-order chi connectivity index (χ0) is 19.8. The van der Waals surface area contributed by atoms with Crippen LogP contribution in [0.3, 0.4) is 0 Å². The van der Waals surface area contributed by atoms with Crippen LogP contribution in [0.25, 0.3) is 0 Å². The zero-order valence-corrected chi connectivity index (χ0v) is 17.4. The molecule has 1 aliphatic carbocycles. The quantitative estimate of drug-likeness (QED) is 0.749. The summed E-state index contributed by atoms with van der Waals surface area (Å²) in [6.07, 6.45) is 4.28. The lowest BCUT2D eigenvalue weighted by Crippen LogP contribution is -2.41. The first kappa shape index (κ1) is 19.8. The Morgan fingerprint density at radius 2 is 1.63 bits per heavy atom. The molecule has 1 aliphatic heterocycles. The van der Waals surface area contributed by atoms with Crippen molar-refractivity contribution in [2.24, 2.45) is 0 Å². The molecule has 1 aromatic rings. The number of nitrogen functional groups attached to an aromatic ring is 1. The van der Waals surface area contributed by atoms with E-state index in [1.807, 2.05) is 39.5 Å². The minimum atomic E-state index is -0.451. The molecular formula is C22H34N2O3. The van der Waals surface area contributed by atoms with E-state index >= 15 is 0 Å². The van der Waals surface area contributed by atoms with Gasteiger partial charge in [0.1, 0.15) is 11.4 Å². The number of nitrogens with zero attached hydrogens (tertiary/aromatic N) is 1. The van der Waals surface area contributed by atoms with Gasteiger partial charge in [0.15, 0.2) is 0 Å². The smallest absolute Gasteiger partial charge is 0.410 e. The number of benzene rings is 1. The van der Waals surface area contributed by atoms with Crippen LogP contribution in [0.15, 0.2) is 12.1 Å². The van der Waals surface area contributed by atoms with Crippen LogP contribution >= 0.6 is 0 Å². The summed E-state index contributed by atoms with van der Waals surface area (Å²) >= 11 is 0. The van der Waals surface area contributed by atoms with Gasteiger partial charge in [0.05, 0.1) is 11.8 Å². The molecule has 2 aliphatic rings. The Hall–Kier alpha value is -1.91. The van der Waals surface area contributed by atoms with Gasteiger partial charge in [-0.05, 0) is 95.4 Å². The van der Waals surface area contributed by atoms with Gasteiger partial charge >= 0.3 is 6.09 Å². The topological polar surface area (TPSA) is 64.8 Å². The molecule has 1 saturated carbocycles. The molecule has 1 heterocycles. The molecule has 5 nitrogen and oxygen atoms in total. The van der Waals surface area contributed by atoms with Crippen LogP contribution in [0.2, 0.25) is 0 Å². The molecule has 2 N–H and O–H groups in total. The summed E-state index contributed by atoms with van der Waals surface area (Å²) in [7, 11) is 0. The van der Waals surface area contributed by atoms with E-state index in [9.17, 15) is 4.79 Å². The van der Waals surface area contributed by atoms with E-state index in [-0.39, 0.29) is 12.2 Å². The van der Waals surface area contributed by atoms with Crippen molar-refractivity contribution < 1.29 is 14.3 Å². The number of nitrogens with two attached hydrogens (primary N) is 1. The van der Waals surface area contributed by atoms with Gasteiger partial charge in [0.25, 0.3) is 0 Å². The van der Waals surface area contributed by atoms with Crippen molar-refractivity contribution in [1.82, 2.24) is 4.90 Å². The highest BCUT2D eigenvalue weighted by Crippen LogP contribution is 2.47. The van der Waals surface area contributed by atoms with Crippen LogP contribution in [0, 0.1) is 0 Å². The second-order valence-corrected chi connectivity index (χ2v) is 9.20. The van der Waals surface area contributed by atoms with Gasteiger partial charge in [0.2, 0.25) is 0 Å². The van der Waals surface area contributed by atoms with E-state index in [0.717, 1.165) is 37.4 Å². The Labute approximate surface area is 163 Å². The standard InChI is InChI=1S/C22H34N2O3/c1-14(2)26-20-13-18(17(12-19(20)23)15-6-7-15)16-8-10-24(11-9-16)21(25)27-22(3,4)5/h12-16H,6-11,23H2,1-5H3. The number of hydrogen-bond acceptors (Lipinski definition) is 4. The van der Waals surface area contributed by atoms with Gasteiger partial charge in [-0.3, -0.25) is 0 Å². The number of carbonyl (C=O) groups excluding carboxylic acids is 1. The van der Waals surface area contributed by atoms with Gasteiger partial charge in [0, 0.05) is 13.1 Å². The SMILES string of the molecule is CC(C)Oc1cc(C2CCN(C(=O)OC(C)(C)C)CC2)c(C2CC2)cc1N. The average Bonchev–Trinajstić information content (AvgIpc) is 3.39. The third kappa shape index (κ3) is 5.08. The van der Waals surface area contributed by atoms with Crippen molar-refractivity contribution in [2.75, 3.05) is 18.8 Å². The summed E-state index contributed by atoms with van der Waals surface area (Å²) in [5.41, 5.74) is 9.30. The fourth-order valence-corrected chi connectivity index (χ4v) is 3.79. The highest BCUT2D eigenvalue weighted by atomic mass is 16.6. The number of amides is 1. The van der Waals surface area contributed by atoms with E-state index in [0.29, 0.717) is 11.8 Å². The summed E-state index contributed by atoms with van der Waals surface area (Å²) in [6, 6.07) is 4.29. The zero-order valence-electron chi connectivity index (χ0n) is 17.4. The van der Waals surface area contributed by atoms with Crippen LogP contribution < -0.4 is 10.5 Å². The highest BCUT2D eigenvalue weighted by Gasteiger charge is 2.33. The van der Waals surface area contributed by atoms with Crippen molar-refractivity contribution in [3.63, 3.8) is 0 Å². The molecule has 0 aromatic heterocycles. The summed E-state index contributed by atoms with van der Waals surface area (Å²) < 4.78 is 11.5. The highest BCUT2D eigenvalue weighted by molar-refractivity contribution is 5.68. The first-order valence-corrected chi connectivity index (χ1v) is 10.2. The van der Waals surface area contributed by atoms with E-state index < -0.39 is 5.60 Å². The summed E-state index contributed by atoms with van der Waals surface area (Å²) in [5.74, 6) is 1.87. The fourth-order valence-electron chi connectivity index (χ4n) is 3.79. The normalized spacial score (nSPS) is 18.7. The predicted octanol–water partition coefficient (Wildman–Crippen LogP) is 5.05. The van der Waals surface area contributed by atoms with E-state index in [4.69, 9.17) is 15.2 Å². The molecule has 0 bridgehead atoms. The van der Waals surface area contributed by atoms with Crippen molar-refractivity contribution in [1.29, 1.82) is 0 Å². The molecule has 1 aromatic carbocycles. The lowest BCUT2D eigenvalue weighted by molar-refractivity contribution is 0.0204. The largest absolute Gasteiger partial charge is 0.489 e. The fraction of sp³-hybridized carbons (Fsp3) is 0.682. The molecule has 2 fully saturated rings. The molecule has 1 amide bonds. The molecule has 0 atom stereocenters. The molecule has 3 rings (SSSR count). The lowest BCUT2D eigenvalue weighted by atomic mass is 9.84. The molecule has 150 valence electrons. The molecule has 0 unspecified atom stereocenters. The van der Waals surface area contributed by atoms with Gasteiger partial charge in [-0.1, -0.05) is 0 Å². The Balaban J connectivity index is 1.74. The molecule has 27 heavy (non-hydrogen) atoms. The van der Waals surface area contributed by atoms with Crippen LogP contribution in [0.1, 0.15) is 83.3 Å². The van der Waals surface area contributed by atoms with Gasteiger partial charge < -0.3 is 20.1 Å².